The first-order valence-corrected chi connectivity index (χ1v) is 5.20. The molecular formula is C10H10N6O2. The molecule has 3 rings (SSSR count). The number of rotatable bonds is 3. The van der Waals surface area contributed by atoms with Gasteiger partial charge in [0.2, 0.25) is 11.8 Å². The third-order valence-corrected chi connectivity index (χ3v) is 2.53. The van der Waals surface area contributed by atoms with E-state index < -0.39 is 0 Å². The summed E-state index contributed by atoms with van der Waals surface area (Å²) in [5.74, 6) is 1.38. The highest BCUT2D eigenvalue weighted by Gasteiger charge is 2.15. The highest BCUT2D eigenvalue weighted by atomic mass is 16.5. The summed E-state index contributed by atoms with van der Waals surface area (Å²) in [6.45, 7) is 0.405. The van der Waals surface area contributed by atoms with Crippen LogP contribution < -0.4 is 10.5 Å². The van der Waals surface area contributed by atoms with Gasteiger partial charge in [0.1, 0.15) is 6.33 Å². The lowest BCUT2D eigenvalue weighted by molar-refractivity contribution is 0.378. The van der Waals surface area contributed by atoms with Crippen molar-refractivity contribution in [3.05, 3.63) is 24.4 Å². The molecule has 0 atom stereocenters. The van der Waals surface area contributed by atoms with Gasteiger partial charge in [0.25, 0.3) is 0 Å². The molecule has 3 aromatic heterocycles. The van der Waals surface area contributed by atoms with Crippen molar-refractivity contribution in [1.29, 1.82) is 0 Å². The van der Waals surface area contributed by atoms with Crippen molar-refractivity contribution in [3.63, 3.8) is 0 Å². The molecular weight excluding hydrogens is 236 g/mol. The molecule has 0 bridgehead atoms. The van der Waals surface area contributed by atoms with Crippen LogP contribution in [0.4, 0.5) is 5.95 Å². The van der Waals surface area contributed by atoms with Gasteiger partial charge in [-0.2, -0.15) is 4.98 Å². The Kier molecular flexibility index (Phi) is 2.33. The summed E-state index contributed by atoms with van der Waals surface area (Å²) in [5.41, 5.74) is 6.98. The van der Waals surface area contributed by atoms with E-state index in [1.165, 1.54) is 13.4 Å². The molecule has 0 saturated carbocycles. The number of aromatic nitrogens is 5. The maximum Gasteiger partial charge on any atom is 0.245 e. The summed E-state index contributed by atoms with van der Waals surface area (Å²) in [6, 6.07) is 1.75. The predicted molar refractivity (Wildman–Crippen MR) is 61.9 cm³/mol. The predicted octanol–water partition coefficient (Wildman–Crippen LogP) is 0.453. The van der Waals surface area contributed by atoms with Gasteiger partial charge in [-0.05, 0) is 0 Å². The molecule has 0 saturated heterocycles. The average molecular weight is 246 g/mol. The fourth-order valence-electron chi connectivity index (χ4n) is 1.72. The van der Waals surface area contributed by atoms with Crippen LogP contribution >= 0.6 is 0 Å². The van der Waals surface area contributed by atoms with Crippen LogP contribution in [-0.2, 0) is 6.54 Å². The van der Waals surface area contributed by atoms with Crippen molar-refractivity contribution in [1.82, 2.24) is 24.7 Å². The van der Waals surface area contributed by atoms with Gasteiger partial charge >= 0.3 is 0 Å². The molecule has 0 fully saturated rings. The molecule has 0 unspecified atom stereocenters. The molecule has 0 aliphatic carbocycles. The van der Waals surface area contributed by atoms with E-state index >= 15 is 0 Å². The van der Waals surface area contributed by atoms with Crippen LogP contribution in [0.5, 0.6) is 5.88 Å². The van der Waals surface area contributed by atoms with Crippen LogP contribution in [0.15, 0.2) is 23.1 Å². The van der Waals surface area contributed by atoms with E-state index in [0.29, 0.717) is 35.3 Å². The number of fused-ring (bicyclic) bond motifs is 1. The average Bonchev–Trinajstić information content (AvgIpc) is 2.99. The Hall–Kier alpha value is -2.64. The lowest BCUT2D eigenvalue weighted by Gasteiger charge is -2.02. The fraction of sp³-hybridized carbons (Fsp3) is 0.200. The van der Waals surface area contributed by atoms with Gasteiger partial charge in [-0.25, -0.2) is 9.97 Å². The topological polar surface area (TPSA) is 105 Å². The second kappa shape index (κ2) is 3.99. The van der Waals surface area contributed by atoms with Gasteiger partial charge in [0, 0.05) is 6.07 Å². The van der Waals surface area contributed by atoms with Crippen LogP contribution in [-0.4, -0.2) is 31.8 Å². The first-order valence-electron chi connectivity index (χ1n) is 5.20. The highest BCUT2D eigenvalue weighted by molar-refractivity contribution is 5.78. The maximum atomic E-state index is 5.86. The van der Waals surface area contributed by atoms with Crippen molar-refractivity contribution in [3.8, 4) is 5.88 Å². The van der Waals surface area contributed by atoms with Crippen LogP contribution in [0.25, 0.3) is 11.2 Å². The molecule has 3 heterocycles. The van der Waals surface area contributed by atoms with E-state index in [1.807, 2.05) is 0 Å². The second-order valence-corrected chi connectivity index (χ2v) is 3.59. The number of nitrogens with two attached hydrogens (primary N) is 1. The Bertz CT molecular complexity index is 675. The number of anilines is 1. The van der Waals surface area contributed by atoms with Crippen molar-refractivity contribution in [2.75, 3.05) is 12.8 Å². The lowest BCUT2D eigenvalue weighted by Crippen LogP contribution is -2.04. The van der Waals surface area contributed by atoms with Crippen LogP contribution in [0.1, 0.15) is 5.76 Å². The Morgan fingerprint density at radius 3 is 3.06 bits per heavy atom. The molecule has 3 aromatic rings. The van der Waals surface area contributed by atoms with Crippen LogP contribution in [0, 0.1) is 0 Å². The minimum absolute atomic E-state index is 0.320. The number of methoxy groups -OCH3 is 1. The van der Waals surface area contributed by atoms with Crippen molar-refractivity contribution < 1.29 is 9.26 Å². The van der Waals surface area contributed by atoms with E-state index in [4.69, 9.17) is 15.0 Å². The van der Waals surface area contributed by atoms with E-state index in [-0.39, 0.29) is 0 Å². The molecule has 8 nitrogen and oxygen atoms in total. The summed E-state index contributed by atoms with van der Waals surface area (Å²) in [4.78, 5) is 12.3. The fourth-order valence-corrected chi connectivity index (χ4v) is 1.72. The first-order chi connectivity index (χ1) is 8.79. The number of ether oxygens (including phenoxy) is 1. The zero-order chi connectivity index (χ0) is 12.5. The Morgan fingerprint density at radius 1 is 1.44 bits per heavy atom. The minimum Gasteiger partial charge on any atom is -0.479 e. The Morgan fingerprint density at radius 2 is 2.33 bits per heavy atom. The van der Waals surface area contributed by atoms with Gasteiger partial charge in [-0.1, -0.05) is 5.16 Å². The van der Waals surface area contributed by atoms with Gasteiger partial charge in [-0.15, -0.1) is 0 Å². The minimum atomic E-state index is 0.320. The van der Waals surface area contributed by atoms with Crippen molar-refractivity contribution >= 4 is 17.1 Å². The third kappa shape index (κ3) is 1.54. The molecule has 0 aliphatic heterocycles. The SMILES string of the molecule is COc1ncnc2c1nc(N)n2Cc1ccno1. The van der Waals surface area contributed by atoms with E-state index in [2.05, 4.69) is 20.1 Å². The second-order valence-electron chi connectivity index (χ2n) is 3.59. The molecule has 0 amide bonds. The lowest BCUT2D eigenvalue weighted by atomic mass is 10.4. The van der Waals surface area contributed by atoms with Crippen LogP contribution in [0.3, 0.4) is 0 Å². The van der Waals surface area contributed by atoms with E-state index in [0.717, 1.165) is 0 Å². The monoisotopic (exact) mass is 246 g/mol. The van der Waals surface area contributed by atoms with E-state index in [9.17, 15) is 0 Å². The molecule has 0 radical (unpaired) electrons. The summed E-state index contributed by atoms with van der Waals surface area (Å²) in [7, 11) is 1.52. The normalized spacial score (nSPS) is 10.9. The van der Waals surface area contributed by atoms with E-state index in [1.54, 1.807) is 16.8 Å². The summed E-state index contributed by atoms with van der Waals surface area (Å²) in [6.07, 6.45) is 2.97. The molecule has 0 aliphatic rings. The zero-order valence-corrected chi connectivity index (χ0v) is 9.57. The molecule has 92 valence electrons. The molecule has 0 aromatic carbocycles. The molecule has 8 heteroatoms. The molecule has 18 heavy (non-hydrogen) atoms. The Balaban J connectivity index is 2.14. The zero-order valence-electron chi connectivity index (χ0n) is 9.57. The van der Waals surface area contributed by atoms with Crippen molar-refractivity contribution in [2.24, 2.45) is 0 Å². The summed E-state index contributed by atoms with van der Waals surface area (Å²) >= 11 is 0. The quantitative estimate of drug-likeness (QED) is 0.715. The largest absolute Gasteiger partial charge is 0.479 e. The standard InChI is InChI=1S/C10H10N6O2/c1-17-9-7-8(12-5-13-9)16(10(11)15-7)4-6-2-3-14-18-6/h2-3,5H,4H2,1H3,(H2,11,15). The number of nitrogen functional groups attached to an aromatic ring is 1. The third-order valence-electron chi connectivity index (χ3n) is 2.53. The summed E-state index contributed by atoms with van der Waals surface area (Å²) in [5, 5.41) is 3.64. The molecule has 2 N–H and O–H groups in total. The smallest absolute Gasteiger partial charge is 0.245 e. The number of nitrogens with zero attached hydrogens (tertiary/aromatic N) is 5. The van der Waals surface area contributed by atoms with Crippen LogP contribution in [0.2, 0.25) is 0 Å². The van der Waals surface area contributed by atoms with Gasteiger partial charge in [0.05, 0.1) is 19.9 Å². The highest BCUT2D eigenvalue weighted by Crippen LogP contribution is 2.23. The maximum absolute atomic E-state index is 5.86. The number of hydrogen-bond acceptors (Lipinski definition) is 7. The Labute approximate surface area is 101 Å². The number of hydrogen-bond donors (Lipinski definition) is 1. The van der Waals surface area contributed by atoms with Gasteiger partial charge in [-0.3, -0.25) is 4.57 Å². The summed E-state index contributed by atoms with van der Waals surface area (Å²) < 4.78 is 11.9. The molecule has 0 spiro atoms. The van der Waals surface area contributed by atoms with Gasteiger partial charge in [0.15, 0.2) is 16.9 Å². The van der Waals surface area contributed by atoms with Gasteiger partial charge < -0.3 is 15.0 Å². The first kappa shape index (κ1) is 10.5. The number of imidazole rings is 1. The van der Waals surface area contributed by atoms with Crippen molar-refractivity contribution in [2.45, 2.75) is 6.54 Å².